The maximum Gasteiger partial charge on any atom is 0.193 e. The van der Waals surface area contributed by atoms with E-state index in [1.165, 1.54) is 0 Å². The summed E-state index contributed by atoms with van der Waals surface area (Å²) in [4.78, 5) is 12.9. The summed E-state index contributed by atoms with van der Waals surface area (Å²) in [6.45, 7) is 0.449. The predicted molar refractivity (Wildman–Crippen MR) is 95.0 cm³/mol. The number of ketones is 1. The lowest BCUT2D eigenvalue weighted by atomic mass is 9.98. The van der Waals surface area contributed by atoms with Crippen molar-refractivity contribution in [1.29, 1.82) is 0 Å². The van der Waals surface area contributed by atoms with Crippen molar-refractivity contribution in [3.8, 4) is 23.0 Å². The minimum absolute atomic E-state index is 0.0545. The summed E-state index contributed by atoms with van der Waals surface area (Å²) in [5, 5.41) is 0. The van der Waals surface area contributed by atoms with E-state index in [9.17, 15) is 4.79 Å². The van der Waals surface area contributed by atoms with Crippen LogP contribution in [0.3, 0.4) is 0 Å². The Morgan fingerprint density at radius 1 is 0.960 bits per heavy atom. The Kier molecular flexibility index (Phi) is 4.93. The standard InChI is InChI=1S/C20H20O5/c1-22-15-5-7-17-16(12-15)20(21)14(8-9-25-17)10-13-4-6-18(23-2)19(11-13)24-3/h4-7,10-12H,8-9H2,1-3H3. The lowest BCUT2D eigenvalue weighted by molar-refractivity contribution is 0.103. The Bertz CT molecular complexity index is 823. The van der Waals surface area contributed by atoms with Gasteiger partial charge in [-0.05, 0) is 42.0 Å². The average molecular weight is 340 g/mol. The van der Waals surface area contributed by atoms with E-state index in [0.717, 1.165) is 5.56 Å². The van der Waals surface area contributed by atoms with Crippen molar-refractivity contribution in [3.63, 3.8) is 0 Å². The van der Waals surface area contributed by atoms with Crippen molar-refractivity contribution < 1.29 is 23.7 Å². The van der Waals surface area contributed by atoms with E-state index in [0.29, 0.717) is 47.2 Å². The normalized spacial score (nSPS) is 15.2. The van der Waals surface area contributed by atoms with Gasteiger partial charge in [-0.25, -0.2) is 0 Å². The van der Waals surface area contributed by atoms with Gasteiger partial charge in [-0.1, -0.05) is 6.07 Å². The lowest BCUT2D eigenvalue weighted by Crippen LogP contribution is -2.02. The minimum Gasteiger partial charge on any atom is -0.497 e. The van der Waals surface area contributed by atoms with E-state index in [1.54, 1.807) is 39.5 Å². The van der Waals surface area contributed by atoms with E-state index < -0.39 is 0 Å². The Balaban J connectivity index is 1.99. The number of hydrogen-bond acceptors (Lipinski definition) is 5. The van der Waals surface area contributed by atoms with Gasteiger partial charge >= 0.3 is 0 Å². The van der Waals surface area contributed by atoms with Gasteiger partial charge in [-0.3, -0.25) is 4.79 Å². The Morgan fingerprint density at radius 3 is 2.48 bits per heavy atom. The first kappa shape index (κ1) is 16.9. The van der Waals surface area contributed by atoms with Gasteiger partial charge in [0, 0.05) is 12.0 Å². The third kappa shape index (κ3) is 3.45. The van der Waals surface area contributed by atoms with Gasteiger partial charge in [0.1, 0.15) is 11.5 Å². The topological polar surface area (TPSA) is 54.0 Å². The Labute approximate surface area is 146 Å². The molecular weight excluding hydrogens is 320 g/mol. The fourth-order valence-electron chi connectivity index (χ4n) is 2.78. The molecule has 0 atom stereocenters. The van der Waals surface area contributed by atoms with Crippen LogP contribution in [0.2, 0.25) is 0 Å². The van der Waals surface area contributed by atoms with Crippen LogP contribution in [0.4, 0.5) is 0 Å². The Morgan fingerprint density at radius 2 is 1.76 bits per heavy atom. The largest absolute Gasteiger partial charge is 0.497 e. The quantitative estimate of drug-likeness (QED) is 0.793. The molecule has 1 aliphatic rings. The monoisotopic (exact) mass is 340 g/mol. The minimum atomic E-state index is -0.0545. The second-order valence-corrected chi connectivity index (χ2v) is 5.57. The number of ether oxygens (including phenoxy) is 4. The number of methoxy groups -OCH3 is 3. The molecular formula is C20H20O5. The maximum absolute atomic E-state index is 12.9. The summed E-state index contributed by atoms with van der Waals surface area (Å²) in [5.41, 5.74) is 2.06. The second kappa shape index (κ2) is 7.30. The summed E-state index contributed by atoms with van der Waals surface area (Å²) in [6, 6.07) is 10.8. The molecule has 0 saturated heterocycles. The first-order valence-electron chi connectivity index (χ1n) is 7.94. The summed E-state index contributed by atoms with van der Waals surface area (Å²) in [5.74, 6) is 2.43. The highest BCUT2D eigenvalue weighted by molar-refractivity contribution is 6.13. The van der Waals surface area contributed by atoms with Crippen molar-refractivity contribution in [2.75, 3.05) is 27.9 Å². The molecule has 0 N–H and O–H groups in total. The van der Waals surface area contributed by atoms with Crippen LogP contribution in [0.5, 0.6) is 23.0 Å². The first-order chi connectivity index (χ1) is 12.2. The maximum atomic E-state index is 12.9. The van der Waals surface area contributed by atoms with E-state index in [-0.39, 0.29) is 5.78 Å². The predicted octanol–water partition coefficient (Wildman–Crippen LogP) is 3.76. The highest BCUT2D eigenvalue weighted by Crippen LogP contribution is 2.32. The molecule has 0 aromatic heterocycles. The Hall–Kier alpha value is -2.95. The van der Waals surface area contributed by atoms with Crippen molar-refractivity contribution >= 4 is 11.9 Å². The molecule has 0 unspecified atom stereocenters. The van der Waals surface area contributed by atoms with Crippen LogP contribution in [0.1, 0.15) is 22.3 Å². The summed E-state index contributed by atoms with van der Waals surface area (Å²) < 4.78 is 21.5. The van der Waals surface area contributed by atoms with Gasteiger partial charge in [0.15, 0.2) is 17.3 Å². The number of carbonyl (C=O) groups is 1. The molecule has 0 saturated carbocycles. The molecule has 25 heavy (non-hydrogen) atoms. The molecule has 5 heteroatoms. The summed E-state index contributed by atoms with van der Waals surface area (Å²) in [7, 11) is 4.75. The molecule has 2 aromatic rings. The molecule has 0 bridgehead atoms. The van der Waals surface area contributed by atoms with E-state index in [1.807, 2.05) is 24.3 Å². The van der Waals surface area contributed by atoms with Crippen molar-refractivity contribution in [3.05, 3.63) is 53.1 Å². The average Bonchev–Trinajstić information content (AvgIpc) is 2.80. The van der Waals surface area contributed by atoms with Crippen molar-refractivity contribution in [2.45, 2.75) is 6.42 Å². The van der Waals surface area contributed by atoms with Crippen LogP contribution >= 0.6 is 0 Å². The highest BCUT2D eigenvalue weighted by Gasteiger charge is 2.22. The number of hydrogen-bond donors (Lipinski definition) is 0. The third-order valence-electron chi connectivity index (χ3n) is 4.10. The zero-order valence-corrected chi connectivity index (χ0v) is 14.5. The molecule has 0 aliphatic carbocycles. The lowest BCUT2D eigenvalue weighted by Gasteiger charge is -2.09. The zero-order valence-electron chi connectivity index (χ0n) is 14.5. The van der Waals surface area contributed by atoms with Gasteiger partial charge in [0.05, 0.1) is 33.5 Å². The second-order valence-electron chi connectivity index (χ2n) is 5.57. The molecule has 130 valence electrons. The SMILES string of the molecule is COc1ccc2c(c1)C(=O)C(=Cc1ccc(OC)c(OC)c1)CCO2. The fourth-order valence-corrected chi connectivity index (χ4v) is 2.78. The van der Waals surface area contributed by atoms with Crippen LogP contribution in [-0.2, 0) is 0 Å². The summed E-state index contributed by atoms with van der Waals surface area (Å²) >= 11 is 0. The van der Waals surface area contributed by atoms with Crippen LogP contribution < -0.4 is 18.9 Å². The van der Waals surface area contributed by atoms with E-state index in [2.05, 4.69) is 0 Å². The van der Waals surface area contributed by atoms with Gasteiger partial charge in [-0.15, -0.1) is 0 Å². The highest BCUT2D eigenvalue weighted by atomic mass is 16.5. The van der Waals surface area contributed by atoms with Crippen LogP contribution in [0, 0.1) is 0 Å². The smallest absolute Gasteiger partial charge is 0.193 e. The number of benzene rings is 2. The number of rotatable bonds is 4. The zero-order chi connectivity index (χ0) is 17.8. The number of carbonyl (C=O) groups excluding carboxylic acids is 1. The first-order valence-corrected chi connectivity index (χ1v) is 7.94. The van der Waals surface area contributed by atoms with Gasteiger partial charge < -0.3 is 18.9 Å². The molecule has 0 radical (unpaired) electrons. The molecule has 1 heterocycles. The molecule has 0 spiro atoms. The van der Waals surface area contributed by atoms with E-state index in [4.69, 9.17) is 18.9 Å². The van der Waals surface area contributed by atoms with Gasteiger partial charge in [0.2, 0.25) is 0 Å². The third-order valence-corrected chi connectivity index (χ3v) is 4.10. The molecule has 1 aliphatic heterocycles. The summed E-state index contributed by atoms with van der Waals surface area (Å²) in [6.07, 6.45) is 2.40. The molecule has 3 rings (SSSR count). The van der Waals surface area contributed by atoms with Crippen LogP contribution in [-0.4, -0.2) is 33.7 Å². The molecule has 2 aromatic carbocycles. The van der Waals surface area contributed by atoms with Crippen molar-refractivity contribution in [1.82, 2.24) is 0 Å². The van der Waals surface area contributed by atoms with Gasteiger partial charge in [-0.2, -0.15) is 0 Å². The van der Waals surface area contributed by atoms with Crippen LogP contribution in [0.15, 0.2) is 42.0 Å². The van der Waals surface area contributed by atoms with E-state index >= 15 is 0 Å². The molecule has 0 amide bonds. The van der Waals surface area contributed by atoms with Gasteiger partial charge in [0.25, 0.3) is 0 Å². The van der Waals surface area contributed by atoms with Crippen LogP contribution in [0.25, 0.3) is 6.08 Å². The molecule has 0 fully saturated rings. The number of Topliss-reactive ketones (excluding diaryl/α,β-unsaturated/α-hetero) is 1. The fraction of sp³-hybridized carbons (Fsp3) is 0.250. The van der Waals surface area contributed by atoms with Crippen molar-refractivity contribution in [2.24, 2.45) is 0 Å². The molecule has 5 nitrogen and oxygen atoms in total. The number of fused-ring (bicyclic) bond motifs is 1.